The van der Waals surface area contributed by atoms with Gasteiger partial charge in [0.15, 0.2) is 5.96 Å². The van der Waals surface area contributed by atoms with E-state index in [-0.39, 0.29) is 24.8 Å². The Balaban J connectivity index is 2.24. The molecule has 0 aliphatic carbocycles. The third-order valence-electron chi connectivity index (χ3n) is 5.71. The molecule has 36 heavy (non-hydrogen) atoms. The number of rotatable bonds is 10. The first-order valence-electron chi connectivity index (χ1n) is 12.1. The number of aldehydes is 1. The SMILES string of the molecule is CC(C)(C)OC(=O)N(C(=O)[C@@H]1CCCN1C(=O)[C@@H](N)Cc1ccccc1)[C@H](C=O)CCCN=C(N)N. The Morgan fingerprint density at radius 1 is 1.22 bits per heavy atom. The highest BCUT2D eigenvalue weighted by Crippen LogP contribution is 2.24. The molecule has 0 spiro atoms. The first-order chi connectivity index (χ1) is 16.9. The van der Waals surface area contributed by atoms with E-state index >= 15 is 0 Å². The molecule has 0 radical (unpaired) electrons. The Morgan fingerprint density at radius 3 is 2.47 bits per heavy atom. The van der Waals surface area contributed by atoms with Gasteiger partial charge in [-0.15, -0.1) is 0 Å². The summed E-state index contributed by atoms with van der Waals surface area (Å²) in [7, 11) is 0. The lowest BCUT2D eigenvalue weighted by Crippen LogP contribution is -2.57. The number of benzene rings is 1. The summed E-state index contributed by atoms with van der Waals surface area (Å²) in [4.78, 5) is 58.1. The van der Waals surface area contributed by atoms with E-state index in [0.29, 0.717) is 38.5 Å². The molecule has 11 nitrogen and oxygen atoms in total. The minimum atomic E-state index is -1.10. The van der Waals surface area contributed by atoms with E-state index in [1.165, 1.54) is 4.90 Å². The van der Waals surface area contributed by atoms with Crippen LogP contribution in [0, 0.1) is 0 Å². The van der Waals surface area contributed by atoms with Crippen LogP contribution in [0.5, 0.6) is 0 Å². The van der Waals surface area contributed by atoms with Crippen molar-refractivity contribution < 1.29 is 23.9 Å². The van der Waals surface area contributed by atoms with Gasteiger partial charge in [0.1, 0.15) is 17.9 Å². The zero-order valence-electron chi connectivity index (χ0n) is 21.3. The number of likely N-dealkylation sites (tertiary alicyclic amines) is 1. The normalized spacial score (nSPS) is 17.1. The van der Waals surface area contributed by atoms with Crippen molar-refractivity contribution in [3.8, 4) is 0 Å². The van der Waals surface area contributed by atoms with Crippen LogP contribution in [0.15, 0.2) is 35.3 Å². The van der Waals surface area contributed by atoms with Gasteiger partial charge in [0.2, 0.25) is 5.91 Å². The van der Waals surface area contributed by atoms with E-state index in [1.54, 1.807) is 20.8 Å². The van der Waals surface area contributed by atoms with Crippen molar-refractivity contribution >= 4 is 30.2 Å². The molecule has 1 aromatic rings. The highest BCUT2D eigenvalue weighted by atomic mass is 16.6. The van der Waals surface area contributed by atoms with Crippen molar-refractivity contribution in [2.75, 3.05) is 13.1 Å². The van der Waals surface area contributed by atoms with Crippen molar-refractivity contribution in [2.45, 2.75) is 76.6 Å². The monoisotopic (exact) mass is 502 g/mol. The second kappa shape index (κ2) is 13.0. The molecule has 1 aliphatic heterocycles. The van der Waals surface area contributed by atoms with Gasteiger partial charge < -0.3 is 31.6 Å². The molecule has 2 rings (SSSR count). The quantitative estimate of drug-likeness (QED) is 0.183. The van der Waals surface area contributed by atoms with Gasteiger partial charge in [-0.2, -0.15) is 0 Å². The second-order valence-corrected chi connectivity index (χ2v) is 9.83. The molecule has 1 heterocycles. The molecule has 3 atom stereocenters. The minimum Gasteiger partial charge on any atom is -0.443 e. The summed E-state index contributed by atoms with van der Waals surface area (Å²) in [6, 6.07) is 6.47. The number of imide groups is 1. The van der Waals surface area contributed by atoms with Crippen LogP contribution in [0.3, 0.4) is 0 Å². The fraction of sp³-hybridized carbons (Fsp3) is 0.560. The number of ether oxygens (including phenoxy) is 1. The predicted molar refractivity (Wildman–Crippen MR) is 136 cm³/mol. The number of amides is 3. The zero-order chi connectivity index (χ0) is 26.9. The molecule has 1 aromatic carbocycles. The molecule has 0 saturated carbocycles. The Labute approximate surface area is 212 Å². The third kappa shape index (κ3) is 8.33. The van der Waals surface area contributed by atoms with E-state index in [0.717, 1.165) is 10.5 Å². The van der Waals surface area contributed by atoms with Gasteiger partial charge in [-0.05, 0) is 58.4 Å². The maximum Gasteiger partial charge on any atom is 0.417 e. The number of hydrogen-bond acceptors (Lipinski definition) is 7. The molecular weight excluding hydrogens is 464 g/mol. The van der Waals surface area contributed by atoms with Crippen LogP contribution < -0.4 is 17.2 Å². The standard InChI is InChI=1S/C25H38N6O5/c1-25(2,3)36-24(35)31(18(16-32)11-7-13-29-23(27)28)22(34)20-12-8-14-30(20)21(33)19(26)15-17-9-5-4-6-10-17/h4-6,9-10,16,18-20H,7-8,11-15,26H2,1-3H3,(H4,27,28,29)/t18-,19-,20-/m0/s1. The van der Waals surface area contributed by atoms with Gasteiger partial charge in [-0.1, -0.05) is 30.3 Å². The second-order valence-electron chi connectivity index (χ2n) is 9.83. The van der Waals surface area contributed by atoms with Gasteiger partial charge in [0.25, 0.3) is 5.91 Å². The molecule has 0 unspecified atom stereocenters. The number of hydrogen-bond donors (Lipinski definition) is 3. The van der Waals surface area contributed by atoms with Crippen molar-refractivity contribution in [1.29, 1.82) is 0 Å². The number of aliphatic imine (C=N–C) groups is 1. The largest absolute Gasteiger partial charge is 0.443 e. The third-order valence-corrected chi connectivity index (χ3v) is 5.71. The minimum absolute atomic E-state index is 0.0929. The molecule has 6 N–H and O–H groups in total. The lowest BCUT2D eigenvalue weighted by atomic mass is 10.0. The molecule has 0 aromatic heterocycles. The fourth-order valence-corrected chi connectivity index (χ4v) is 4.08. The Bertz CT molecular complexity index is 942. The summed E-state index contributed by atoms with van der Waals surface area (Å²) in [5.74, 6) is -1.14. The number of guanidine groups is 1. The van der Waals surface area contributed by atoms with Crippen molar-refractivity contribution in [2.24, 2.45) is 22.2 Å². The van der Waals surface area contributed by atoms with Gasteiger partial charge in [-0.25, -0.2) is 9.69 Å². The van der Waals surface area contributed by atoms with Crippen LogP contribution in [0.4, 0.5) is 4.79 Å². The van der Waals surface area contributed by atoms with E-state index in [1.807, 2.05) is 30.3 Å². The van der Waals surface area contributed by atoms with Crippen molar-refractivity contribution in [3.63, 3.8) is 0 Å². The summed E-state index contributed by atoms with van der Waals surface area (Å²) >= 11 is 0. The summed E-state index contributed by atoms with van der Waals surface area (Å²) in [6.45, 7) is 5.55. The van der Waals surface area contributed by atoms with Gasteiger partial charge in [-0.3, -0.25) is 14.6 Å². The average Bonchev–Trinajstić information content (AvgIpc) is 3.29. The topological polar surface area (TPSA) is 174 Å². The molecule has 0 bridgehead atoms. The summed E-state index contributed by atoms with van der Waals surface area (Å²) in [6.07, 6.45) is 1.30. The maximum atomic E-state index is 13.7. The number of nitrogens with two attached hydrogens (primary N) is 3. The van der Waals surface area contributed by atoms with Crippen LogP contribution in [0.1, 0.15) is 52.0 Å². The average molecular weight is 503 g/mol. The van der Waals surface area contributed by atoms with Crippen LogP contribution in [-0.2, 0) is 25.5 Å². The fourth-order valence-electron chi connectivity index (χ4n) is 4.08. The molecule has 11 heteroatoms. The Hall–Kier alpha value is -3.47. The summed E-state index contributed by atoms with van der Waals surface area (Å²) < 4.78 is 5.44. The van der Waals surface area contributed by atoms with E-state index < -0.39 is 35.7 Å². The van der Waals surface area contributed by atoms with Crippen LogP contribution in [0.25, 0.3) is 0 Å². The highest BCUT2D eigenvalue weighted by Gasteiger charge is 2.43. The van der Waals surface area contributed by atoms with Gasteiger partial charge in [0.05, 0.1) is 12.1 Å². The summed E-state index contributed by atoms with van der Waals surface area (Å²) in [5.41, 5.74) is 16.9. The van der Waals surface area contributed by atoms with Gasteiger partial charge >= 0.3 is 6.09 Å². The molecule has 1 aliphatic rings. The Morgan fingerprint density at radius 2 is 1.89 bits per heavy atom. The number of nitrogens with zero attached hydrogens (tertiary/aromatic N) is 3. The smallest absolute Gasteiger partial charge is 0.417 e. The molecule has 1 fully saturated rings. The van der Waals surface area contributed by atoms with E-state index in [2.05, 4.69) is 4.99 Å². The number of carbonyl (C=O) groups is 4. The molecule has 1 saturated heterocycles. The molecule has 3 amide bonds. The van der Waals surface area contributed by atoms with Crippen molar-refractivity contribution in [1.82, 2.24) is 9.80 Å². The number of carbonyl (C=O) groups excluding carboxylic acids is 4. The first kappa shape index (κ1) is 28.8. The summed E-state index contributed by atoms with van der Waals surface area (Å²) in [5, 5.41) is 0. The lowest BCUT2D eigenvalue weighted by Gasteiger charge is -2.34. The predicted octanol–water partition coefficient (Wildman–Crippen LogP) is 0.932. The zero-order valence-corrected chi connectivity index (χ0v) is 21.3. The van der Waals surface area contributed by atoms with Crippen LogP contribution in [0.2, 0.25) is 0 Å². The van der Waals surface area contributed by atoms with Crippen molar-refractivity contribution in [3.05, 3.63) is 35.9 Å². The van der Waals surface area contributed by atoms with E-state index in [4.69, 9.17) is 21.9 Å². The lowest BCUT2D eigenvalue weighted by molar-refractivity contribution is -0.146. The van der Waals surface area contributed by atoms with Crippen LogP contribution in [-0.4, -0.2) is 76.8 Å². The van der Waals surface area contributed by atoms with E-state index in [9.17, 15) is 19.2 Å². The Kier molecular flexibility index (Phi) is 10.4. The molecule has 198 valence electrons. The maximum absolute atomic E-state index is 13.7. The first-order valence-corrected chi connectivity index (χ1v) is 12.1. The molecular formula is C25H38N6O5. The van der Waals surface area contributed by atoms with Gasteiger partial charge in [0, 0.05) is 13.1 Å². The highest BCUT2D eigenvalue weighted by molar-refractivity contribution is 6.00. The van der Waals surface area contributed by atoms with Crippen LogP contribution >= 0.6 is 0 Å².